The standard InChI is InChI=1S/C14H16N2O/c15-9-14(17,10-6-7-10)12-4-1-5-13-11(12)3-2-8-16-13/h1-5,8,10,17H,6-7,9,15H2. The molecule has 17 heavy (non-hydrogen) atoms. The Bertz CT molecular complexity index is 545. The summed E-state index contributed by atoms with van der Waals surface area (Å²) in [5.41, 5.74) is 6.75. The normalized spacial score (nSPS) is 19.2. The van der Waals surface area contributed by atoms with E-state index in [1.54, 1.807) is 6.20 Å². The first-order valence-electron chi connectivity index (χ1n) is 6.02. The van der Waals surface area contributed by atoms with Gasteiger partial charge in [-0.25, -0.2) is 0 Å². The molecule has 0 radical (unpaired) electrons. The van der Waals surface area contributed by atoms with Crippen LogP contribution in [-0.4, -0.2) is 16.6 Å². The van der Waals surface area contributed by atoms with E-state index in [0.29, 0.717) is 5.92 Å². The van der Waals surface area contributed by atoms with E-state index in [0.717, 1.165) is 29.3 Å². The third-order valence-electron chi connectivity index (χ3n) is 3.68. The van der Waals surface area contributed by atoms with Crippen molar-refractivity contribution >= 4 is 10.9 Å². The second kappa shape index (κ2) is 3.79. The van der Waals surface area contributed by atoms with Crippen molar-refractivity contribution in [2.24, 2.45) is 11.7 Å². The quantitative estimate of drug-likeness (QED) is 0.842. The molecule has 3 N–H and O–H groups in total. The van der Waals surface area contributed by atoms with Gasteiger partial charge in [0, 0.05) is 18.1 Å². The molecule has 0 aliphatic heterocycles. The molecule has 0 spiro atoms. The van der Waals surface area contributed by atoms with Gasteiger partial charge in [0.25, 0.3) is 0 Å². The minimum Gasteiger partial charge on any atom is -0.384 e. The molecular weight excluding hydrogens is 212 g/mol. The fraction of sp³-hybridized carbons (Fsp3) is 0.357. The number of pyridine rings is 1. The van der Waals surface area contributed by atoms with E-state index >= 15 is 0 Å². The number of nitrogens with zero attached hydrogens (tertiary/aromatic N) is 1. The molecule has 3 nitrogen and oxygen atoms in total. The highest BCUT2D eigenvalue weighted by atomic mass is 16.3. The Balaban J connectivity index is 2.22. The lowest BCUT2D eigenvalue weighted by Crippen LogP contribution is -2.37. The van der Waals surface area contributed by atoms with E-state index in [9.17, 15) is 5.11 Å². The van der Waals surface area contributed by atoms with Crippen LogP contribution in [0.4, 0.5) is 0 Å². The zero-order chi connectivity index (χ0) is 11.9. The van der Waals surface area contributed by atoms with E-state index in [2.05, 4.69) is 4.98 Å². The maximum atomic E-state index is 10.8. The first-order valence-corrected chi connectivity index (χ1v) is 6.02. The molecule has 1 atom stereocenters. The Kier molecular flexibility index (Phi) is 2.38. The summed E-state index contributed by atoms with van der Waals surface area (Å²) in [6, 6.07) is 9.77. The summed E-state index contributed by atoms with van der Waals surface area (Å²) in [6.07, 6.45) is 3.89. The van der Waals surface area contributed by atoms with Crippen LogP contribution < -0.4 is 5.73 Å². The summed E-state index contributed by atoms with van der Waals surface area (Å²) in [7, 11) is 0. The lowest BCUT2D eigenvalue weighted by atomic mass is 9.86. The summed E-state index contributed by atoms with van der Waals surface area (Å²) >= 11 is 0. The summed E-state index contributed by atoms with van der Waals surface area (Å²) in [5.74, 6) is 0.304. The lowest BCUT2D eigenvalue weighted by molar-refractivity contribution is 0.0237. The Morgan fingerprint density at radius 3 is 2.82 bits per heavy atom. The van der Waals surface area contributed by atoms with E-state index < -0.39 is 5.60 Å². The van der Waals surface area contributed by atoms with Gasteiger partial charge >= 0.3 is 0 Å². The average molecular weight is 228 g/mol. The van der Waals surface area contributed by atoms with Crippen molar-refractivity contribution in [3.63, 3.8) is 0 Å². The van der Waals surface area contributed by atoms with Crippen LogP contribution in [0.3, 0.4) is 0 Å². The molecule has 1 aromatic heterocycles. The van der Waals surface area contributed by atoms with Gasteiger partial charge in [-0.3, -0.25) is 4.98 Å². The van der Waals surface area contributed by atoms with E-state index in [4.69, 9.17) is 5.73 Å². The topological polar surface area (TPSA) is 59.1 Å². The summed E-state index contributed by atoms with van der Waals surface area (Å²) in [6.45, 7) is 0.270. The number of fused-ring (bicyclic) bond motifs is 1. The number of hydrogen-bond donors (Lipinski definition) is 2. The zero-order valence-corrected chi connectivity index (χ0v) is 9.63. The SMILES string of the molecule is NCC(O)(c1cccc2ncccc12)C1CC1. The van der Waals surface area contributed by atoms with Crippen LogP contribution in [0, 0.1) is 5.92 Å². The first kappa shape index (κ1) is 10.7. The lowest BCUT2D eigenvalue weighted by Gasteiger charge is -2.28. The van der Waals surface area contributed by atoms with Gasteiger partial charge in [0.2, 0.25) is 0 Å². The Labute approximate surface area is 100 Å². The molecule has 1 heterocycles. The number of hydrogen-bond acceptors (Lipinski definition) is 3. The number of rotatable bonds is 3. The fourth-order valence-electron chi connectivity index (χ4n) is 2.54. The van der Waals surface area contributed by atoms with Crippen LogP contribution in [-0.2, 0) is 5.60 Å². The van der Waals surface area contributed by atoms with Crippen LogP contribution in [0.25, 0.3) is 10.9 Å². The molecule has 1 aliphatic rings. The predicted molar refractivity (Wildman–Crippen MR) is 67.4 cm³/mol. The molecular formula is C14H16N2O. The largest absolute Gasteiger partial charge is 0.384 e. The van der Waals surface area contributed by atoms with E-state index in [-0.39, 0.29) is 6.54 Å². The highest BCUT2D eigenvalue weighted by molar-refractivity contribution is 5.83. The molecule has 1 fully saturated rings. The van der Waals surface area contributed by atoms with Crippen molar-refractivity contribution in [3.05, 3.63) is 42.1 Å². The van der Waals surface area contributed by atoms with Gasteiger partial charge in [0.05, 0.1) is 5.52 Å². The van der Waals surface area contributed by atoms with Gasteiger partial charge in [0.15, 0.2) is 0 Å². The Hall–Kier alpha value is -1.45. The van der Waals surface area contributed by atoms with Gasteiger partial charge in [-0.15, -0.1) is 0 Å². The van der Waals surface area contributed by atoms with Gasteiger partial charge in [-0.2, -0.15) is 0 Å². The second-order valence-electron chi connectivity index (χ2n) is 4.78. The summed E-state index contributed by atoms with van der Waals surface area (Å²) in [4.78, 5) is 4.32. The molecule has 1 aliphatic carbocycles. The molecule has 2 aromatic rings. The van der Waals surface area contributed by atoms with Crippen LogP contribution in [0.1, 0.15) is 18.4 Å². The van der Waals surface area contributed by atoms with Crippen molar-refractivity contribution < 1.29 is 5.11 Å². The fourth-order valence-corrected chi connectivity index (χ4v) is 2.54. The Morgan fingerprint density at radius 2 is 2.12 bits per heavy atom. The summed E-state index contributed by atoms with van der Waals surface area (Å²) in [5, 5.41) is 11.8. The van der Waals surface area contributed by atoms with E-state index in [1.165, 1.54) is 0 Å². The van der Waals surface area contributed by atoms with Crippen LogP contribution >= 0.6 is 0 Å². The maximum Gasteiger partial charge on any atom is 0.105 e. The van der Waals surface area contributed by atoms with Crippen LogP contribution in [0.2, 0.25) is 0 Å². The molecule has 1 saturated carbocycles. The van der Waals surface area contributed by atoms with Crippen molar-refractivity contribution in [3.8, 4) is 0 Å². The molecule has 1 aromatic carbocycles. The van der Waals surface area contributed by atoms with Gasteiger partial charge in [-0.1, -0.05) is 18.2 Å². The highest BCUT2D eigenvalue weighted by Gasteiger charge is 2.44. The van der Waals surface area contributed by atoms with Crippen molar-refractivity contribution in [2.45, 2.75) is 18.4 Å². The number of nitrogens with two attached hydrogens (primary N) is 1. The van der Waals surface area contributed by atoms with Gasteiger partial charge in [-0.05, 0) is 36.5 Å². The highest BCUT2D eigenvalue weighted by Crippen LogP contribution is 2.46. The van der Waals surface area contributed by atoms with Crippen LogP contribution in [0.5, 0.6) is 0 Å². The maximum absolute atomic E-state index is 10.8. The minimum atomic E-state index is -0.886. The molecule has 0 amide bonds. The van der Waals surface area contributed by atoms with E-state index in [1.807, 2.05) is 30.3 Å². The third-order valence-corrected chi connectivity index (χ3v) is 3.68. The summed E-state index contributed by atoms with van der Waals surface area (Å²) < 4.78 is 0. The van der Waals surface area contributed by atoms with Gasteiger partial charge in [0.1, 0.15) is 5.60 Å². The average Bonchev–Trinajstić information content (AvgIpc) is 3.22. The van der Waals surface area contributed by atoms with Gasteiger partial charge < -0.3 is 10.8 Å². The van der Waals surface area contributed by atoms with Crippen molar-refractivity contribution in [1.29, 1.82) is 0 Å². The minimum absolute atomic E-state index is 0.270. The molecule has 3 heteroatoms. The first-order chi connectivity index (χ1) is 8.25. The smallest absolute Gasteiger partial charge is 0.105 e. The molecule has 1 unspecified atom stereocenters. The van der Waals surface area contributed by atoms with Crippen LogP contribution in [0.15, 0.2) is 36.5 Å². The molecule has 88 valence electrons. The second-order valence-corrected chi connectivity index (χ2v) is 4.78. The van der Waals surface area contributed by atoms with Crippen molar-refractivity contribution in [2.75, 3.05) is 6.54 Å². The number of benzene rings is 1. The molecule has 0 bridgehead atoms. The third kappa shape index (κ3) is 1.63. The Morgan fingerprint density at radius 1 is 1.29 bits per heavy atom. The number of aromatic nitrogens is 1. The predicted octanol–water partition coefficient (Wildman–Crippen LogP) is 1.79. The zero-order valence-electron chi connectivity index (χ0n) is 9.63. The molecule has 0 saturated heterocycles. The van der Waals surface area contributed by atoms with Crippen molar-refractivity contribution in [1.82, 2.24) is 4.98 Å². The monoisotopic (exact) mass is 228 g/mol. The number of aliphatic hydroxyl groups is 1. The molecule has 3 rings (SSSR count).